The summed E-state index contributed by atoms with van der Waals surface area (Å²) in [7, 11) is 0. The van der Waals surface area contributed by atoms with Crippen LogP contribution in [0.5, 0.6) is 0 Å². The summed E-state index contributed by atoms with van der Waals surface area (Å²) < 4.78 is 0. The first kappa shape index (κ1) is 15.3. The van der Waals surface area contributed by atoms with Gasteiger partial charge in [-0.25, -0.2) is 15.0 Å². The van der Waals surface area contributed by atoms with Crippen LogP contribution in [0.1, 0.15) is 48.4 Å². The molecule has 0 unspecified atom stereocenters. The largest absolute Gasteiger partial charge is 0.310 e. The highest BCUT2D eigenvalue weighted by molar-refractivity contribution is 5.78. The molecule has 2 aromatic heterocycles. The summed E-state index contributed by atoms with van der Waals surface area (Å²) in [5.41, 5.74) is 3.55. The summed E-state index contributed by atoms with van der Waals surface area (Å²) in [5.74, 6) is 1.63. The molecule has 0 atom stereocenters. The fraction of sp³-hybridized carbons (Fsp3) is 0.333. The van der Waals surface area contributed by atoms with Crippen molar-refractivity contribution in [1.82, 2.24) is 19.9 Å². The number of aromatic amines is 1. The standard InChI is InChI=1S/C18H20N4O/c1-10(2)13-5-6-15-14(8-13)18(23)22-17(21-15)9-16-19-11(3)7-12(4)20-16/h5-8,10H,9H2,1-4H3,(H,21,22,23). The van der Waals surface area contributed by atoms with Crippen molar-refractivity contribution in [2.75, 3.05) is 0 Å². The lowest BCUT2D eigenvalue weighted by Crippen LogP contribution is -2.14. The fourth-order valence-corrected chi connectivity index (χ4v) is 2.68. The lowest BCUT2D eigenvalue weighted by Gasteiger charge is -2.08. The normalized spacial score (nSPS) is 11.3. The average Bonchev–Trinajstić information content (AvgIpc) is 2.45. The van der Waals surface area contributed by atoms with Gasteiger partial charge in [0.15, 0.2) is 0 Å². The third-order valence-corrected chi connectivity index (χ3v) is 3.80. The van der Waals surface area contributed by atoms with Gasteiger partial charge in [0.05, 0.1) is 17.3 Å². The molecular formula is C18H20N4O. The van der Waals surface area contributed by atoms with Crippen molar-refractivity contribution in [1.29, 1.82) is 0 Å². The minimum Gasteiger partial charge on any atom is -0.310 e. The molecule has 3 aromatic rings. The van der Waals surface area contributed by atoms with Gasteiger partial charge in [-0.1, -0.05) is 19.9 Å². The highest BCUT2D eigenvalue weighted by Crippen LogP contribution is 2.18. The van der Waals surface area contributed by atoms with E-state index in [4.69, 9.17) is 0 Å². The second-order valence-corrected chi connectivity index (χ2v) is 6.19. The van der Waals surface area contributed by atoms with Crippen LogP contribution in [0, 0.1) is 13.8 Å². The first-order valence-electron chi connectivity index (χ1n) is 7.76. The zero-order chi connectivity index (χ0) is 16.6. The minimum absolute atomic E-state index is 0.114. The van der Waals surface area contributed by atoms with Gasteiger partial charge in [-0.05, 0) is 43.5 Å². The smallest absolute Gasteiger partial charge is 0.258 e. The summed E-state index contributed by atoms with van der Waals surface area (Å²) in [4.78, 5) is 28.6. The van der Waals surface area contributed by atoms with Gasteiger partial charge in [0.1, 0.15) is 11.6 Å². The molecule has 5 heteroatoms. The van der Waals surface area contributed by atoms with Gasteiger partial charge in [-0.3, -0.25) is 4.79 Å². The zero-order valence-corrected chi connectivity index (χ0v) is 13.8. The van der Waals surface area contributed by atoms with E-state index in [2.05, 4.69) is 33.8 Å². The Morgan fingerprint density at radius 2 is 1.74 bits per heavy atom. The van der Waals surface area contributed by atoms with Crippen LogP contribution in [0.25, 0.3) is 10.9 Å². The summed E-state index contributed by atoms with van der Waals surface area (Å²) in [6, 6.07) is 7.78. The number of rotatable bonds is 3. The number of hydrogen-bond donors (Lipinski definition) is 1. The van der Waals surface area contributed by atoms with Crippen molar-refractivity contribution >= 4 is 10.9 Å². The summed E-state index contributed by atoms with van der Waals surface area (Å²) in [5, 5.41) is 0.626. The highest BCUT2D eigenvalue weighted by Gasteiger charge is 2.09. The molecule has 3 rings (SSSR count). The zero-order valence-electron chi connectivity index (χ0n) is 13.8. The number of fused-ring (bicyclic) bond motifs is 1. The molecule has 1 N–H and O–H groups in total. The molecule has 0 aliphatic heterocycles. The van der Waals surface area contributed by atoms with Crippen LogP contribution in [-0.4, -0.2) is 19.9 Å². The van der Waals surface area contributed by atoms with Crippen LogP contribution in [-0.2, 0) is 6.42 Å². The topological polar surface area (TPSA) is 71.5 Å². The maximum Gasteiger partial charge on any atom is 0.258 e. The number of nitrogens with zero attached hydrogens (tertiary/aromatic N) is 3. The molecule has 0 fully saturated rings. The number of benzene rings is 1. The Morgan fingerprint density at radius 1 is 1.04 bits per heavy atom. The summed E-state index contributed by atoms with van der Waals surface area (Å²) in [6.45, 7) is 8.08. The van der Waals surface area contributed by atoms with Gasteiger partial charge < -0.3 is 4.98 Å². The Morgan fingerprint density at radius 3 is 2.39 bits per heavy atom. The number of nitrogens with one attached hydrogen (secondary N) is 1. The predicted molar refractivity (Wildman–Crippen MR) is 90.8 cm³/mol. The lowest BCUT2D eigenvalue weighted by atomic mass is 10.0. The first-order chi connectivity index (χ1) is 10.9. The van der Waals surface area contributed by atoms with Gasteiger partial charge in [0, 0.05) is 11.4 Å². The van der Waals surface area contributed by atoms with Gasteiger partial charge in [-0.2, -0.15) is 0 Å². The van der Waals surface area contributed by atoms with E-state index in [0.717, 1.165) is 17.0 Å². The Kier molecular flexibility index (Phi) is 3.94. The molecule has 0 amide bonds. The van der Waals surface area contributed by atoms with E-state index in [1.807, 2.05) is 38.1 Å². The molecule has 0 aliphatic carbocycles. The van der Waals surface area contributed by atoms with E-state index in [1.165, 1.54) is 0 Å². The molecule has 0 saturated carbocycles. The molecule has 0 aliphatic rings. The fourth-order valence-electron chi connectivity index (χ4n) is 2.68. The highest BCUT2D eigenvalue weighted by atomic mass is 16.1. The van der Waals surface area contributed by atoms with Crippen molar-refractivity contribution in [2.45, 2.75) is 40.0 Å². The maximum atomic E-state index is 12.4. The van der Waals surface area contributed by atoms with Crippen LogP contribution in [0.15, 0.2) is 29.1 Å². The van der Waals surface area contributed by atoms with E-state index < -0.39 is 0 Å². The van der Waals surface area contributed by atoms with Crippen molar-refractivity contribution < 1.29 is 0 Å². The molecule has 118 valence electrons. The molecule has 2 heterocycles. The van der Waals surface area contributed by atoms with Gasteiger partial charge >= 0.3 is 0 Å². The maximum absolute atomic E-state index is 12.4. The van der Waals surface area contributed by atoms with Gasteiger partial charge in [-0.15, -0.1) is 0 Å². The Bertz CT molecular complexity index is 908. The molecule has 1 aromatic carbocycles. The van der Waals surface area contributed by atoms with E-state index in [9.17, 15) is 4.79 Å². The second kappa shape index (κ2) is 5.91. The molecule has 0 spiro atoms. The van der Waals surface area contributed by atoms with E-state index in [-0.39, 0.29) is 5.56 Å². The third-order valence-electron chi connectivity index (χ3n) is 3.80. The number of H-pyrrole nitrogens is 1. The Labute approximate surface area is 134 Å². The number of hydrogen-bond acceptors (Lipinski definition) is 4. The van der Waals surface area contributed by atoms with Crippen LogP contribution < -0.4 is 5.56 Å². The van der Waals surface area contributed by atoms with E-state index >= 15 is 0 Å². The second-order valence-electron chi connectivity index (χ2n) is 6.19. The molecule has 0 radical (unpaired) electrons. The van der Waals surface area contributed by atoms with Crippen molar-refractivity contribution in [3.05, 3.63) is 63.2 Å². The van der Waals surface area contributed by atoms with Crippen LogP contribution in [0.4, 0.5) is 0 Å². The van der Waals surface area contributed by atoms with E-state index in [0.29, 0.717) is 34.9 Å². The molecule has 0 bridgehead atoms. The van der Waals surface area contributed by atoms with Crippen molar-refractivity contribution in [3.8, 4) is 0 Å². The first-order valence-corrected chi connectivity index (χ1v) is 7.76. The van der Waals surface area contributed by atoms with Crippen molar-refractivity contribution in [2.24, 2.45) is 0 Å². The summed E-state index contributed by atoms with van der Waals surface area (Å²) >= 11 is 0. The average molecular weight is 308 g/mol. The molecule has 23 heavy (non-hydrogen) atoms. The Hall–Kier alpha value is -2.56. The Balaban J connectivity index is 2.02. The summed E-state index contributed by atoms with van der Waals surface area (Å²) in [6.07, 6.45) is 0.416. The molecular weight excluding hydrogens is 288 g/mol. The van der Waals surface area contributed by atoms with Crippen LogP contribution in [0.3, 0.4) is 0 Å². The minimum atomic E-state index is -0.114. The van der Waals surface area contributed by atoms with Gasteiger partial charge in [0.2, 0.25) is 0 Å². The third kappa shape index (κ3) is 3.28. The van der Waals surface area contributed by atoms with Crippen molar-refractivity contribution in [3.63, 3.8) is 0 Å². The van der Waals surface area contributed by atoms with Crippen LogP contribution in [0.2, 0.25) is 0 Å². The SMILES string of the molecule is Cc1cc(C)nc(Cc2nc3ccc(C(C)C)cc3c(=O)[nH]2)n1. The number of aromatic nitrogens is 4. The predicted octanol–water partition coefficient (Wildman–Crippen LogP) is 3.04. The monoisotopic (exact) mass is 308 g/mol. The van der Waals surface area contributed by atoms with Gasteiger partial charge in [0.25, 0.3) is 5.56 Å². The quantitative estimate of drug-likeness (QED) is 0.807. The lowest BCUT2D eigenvalue weighted by molar-refractivity contribution is 0.859. The van der Waals surface area contributed by atoms with E-state index in [1.54, 1.807) is 0 Å². The van der Waals surface area contributed by atoms with Crippen LogP contribution >= 0.6 is 0 Å². The molecule has 0 saturated heterocycles. The molecule has 5 nitrogen and oxygen atoms in total. The number of aryl methyl sites for hydroxylation is 2.